The van der Waals surface area contributed by atoms with Gasteiger partial charge in [0, 0.05) is 6.07 Å². The van der Waals surface area contributed by atoms with Crippen LogP contribution in [0.2, 0.25) is 0 Å². The van der Waals surface area contributed by atoms with E-state index < -0.39 is 22.8 Å². The van der Waals surface area contributed by atoms with Crippen molar-refractivity contribution in [2.75, 3.05) is 5.32 Å². The Labute approximate surface area is 134 Å². The van der Waals surface area contributed by atoms with Crippen molar-refractivity contribution in [3.05, 3.63) is 45.9 Å². The Bertz CT molecular complexity index is 782. The zero-order valence-corrected chi connectivity index (χ0v) is 13.2. The number of hydrogen-bond donors (Lipinski definition) is 2. The highest BCUT2D eigenvalue weighted by molar-refractivity contribution is 8.00. The average molecular weight is 340 g/mol. The lowest BCUT2D eigenvalue weighted by Crippen LogP contribution is -2.26. The fourth-order valence-electron chi connectivity index (χ4n) is 1.69. The number of hydrogen-bond acceptors (Lipinski definition) is 5. The van der Waals surface area contributed by atoms with Gasteiger partial charge in [0.25, 0.3) is 5.56 Å². The molecule has 0 saturated heterocycles. The highest BCUT2D eigenvalue weighted by Gasteiger charge is 2.21. The monoisotopic (exact) mass is 340 g/mol. The van der Waals surface area contributed by atoms with Crippen molar-refractivity contribution in [1.29, 1.82) is 0 Å². The largest absolute Gasteiger partial charge is 0.323 e. The summed E-state index contributed by atoms with van der Waals surface area (Å²) in [7, 11) is 0. The van der Waals surface area contributed by atoms with E-state index >= 15 is 0 Å². The molecule has 0 aliphatic carbocycles. The third-order valence-electron chi connectivity index (χ3n) is 2.95. The van der Waals surface area contributed by atoms with E-state index in [2.05, 4.69) is 20.5 Å². The van der Waals surface area contributed by atoms with Gasteiger partial charge in [0.05, 0.1) is 10.9 Å². The molecule has 0 saturated carbocycles. The molecule has 2 rings (SSSR count). The normalized spacial score (nSPS) is 12.0. The molecule has 6 nitrogen and oxygen atoms in total. The van der Waals surface area contributed by atoms with Crippen molar-refractivity contribution in [2.24, 2.45) is 0 Å². The summed E-state index contributed by atoms with van der Waals surface area (Å²) in [5, 5.41) is 9.46. The van der Waals surface area contributed by atoms with Crippen LogP contribution >= 0.6 is 11.8 Å². The number of amides is 1. The maximum Gasteiger partial charge on any atom is 0.273 e. The molecule has 0 aliphatic heterocycles. The summed E-state index contributed by atoms with van der Waals surface area (Å²) >= 11 is 1.01. The van der Waals surface area contributed by atoms with Gasteiger partial charge < -0.3 is 5.32 Å². The number of thioether (sulfide) groups is 1. The molecule has 1 heterocycles. The third-order valence-corrected chi connectivity index (χ3v) is 4.18. The molecule has 1 aromatic carbocycles. The Morgan fingerprint density at radius 2 is 2.13 bits per heavy atom. The molecule has 2 aromatic rings. The van der Waals surface area contributed by atoms with Crippen LogP contribution in [-0.2, 0) is 4.79 Å². The molecular formula is C14H14F2N4O2S. The zero-order chi connectivity index (χ0) is 17.0. The van der Waals surface area contributed by atoms with Gasteiger partial charge in [-0.25, -0.2) is 8.78 Å². The molecule has 0 aliphatic rings. The number of benzene rings is 1. The fraction of sp³-hybridized carbons (Fsp3) is 0.286. The first kappa shape index (κ1) is 17.1. The van der Waals surface area contributed by atoms with Crippen molar-refractivity contribution in [3.63, 3.8) is 0 Å². The van der Waals surface area contributed by atoms with Gasteiger partial charge in [-0.3, -0.25) is 14.6 Å². The first-order valence-electron chi connectivity index (χ1n) is 6.77. The van der Waals surface area contributed by atoms with Gasteiger partial charge in [0.2, 0.25) is 5.91 Å². The first-order valence-corrected chi connectivity index (χ1v) is 7.64. The molecule has 2 N–H and O–H groups in total. The quantitative estimate of drug-likeness (QED) is 0.815. The van der Waals surface area contributed by atoms with Crippen LogP contribution in [0.3, 0.4) is 0 Å². The standard InChI is InChI=1S/C14H14F2N4O2S/c1-3-11(23-14-18-12(21)7(2)19-20-14)13(22)17-10-5-4-8(15)6-9(10)16/h4-6,11H,3H2,1-2H3,(H,17,22)(H,18,20,21). The summed E-state index contributed by atoms with van der Waals surface area (Å²) < 4.78 is 26.4. The van der Waals surface area contributed by atoms with Crippen LogP contribution in [0, 0.1) is 18.6 Å². The number of aromatic amines is 1. The lowest BCUT2D eigenvalue weighted by atomic mass is 10.2. The van der Waals surface area contributed by atoms with Crippen LogP contribution in [-0.4, -0.2) is 26.3 Å². The number of carbonyl (C=O) groups is 1. The van der Waals surface area contributed by atoms with Gasteiger partial charge in [0.15, 0.2) is 5.16 Å². The van der Waals surface area contributed by atoms with Gasteiger partial charge in [-0.1, -0.05) is 18.7 Å². The molecule has 0 spiro atoms. The zero-order valence-electron chi connectivity index (χ0n) is 12.4. The van der Waals surface area contributed by atoms with Crippen LogP contribution in [0.4, 0.5) is 14.5 Å². The molecule has 1 amide bonds. The molecule has 1 unspecified atom stereocenters. The van der Waals surface area contributed by atoms with Crippen molar-refractivity contribution in [2.45, 2.75) is 30.7 Å². The number of anilines is 1. The number of H-pyrrole nitrogens is 1. The van der Waals surface area contributed by atoms with Crippen molar-refractivity contribution >= 4 is 23.4 Å². The molecule has 0 fully saturated rings. The second kappa shape index (κ2) is 7.32. The number of aryl methyl sites for hydroxylation is 1. The smallest absolute Gasteiger partial charge is 0.273 e. The second-order valence-corrected chi connectivity index (χ2v) is 5.86. The summed E-state index contributed by atoms with van der Waals surface area (Å²) in [6.07, 6.45) is 0.414. The molecular weight excluding hydrogens is 326 g/mol. The molecule has 122 valence electrons. The van der Waals surface area contributed by atoms with Gasteiger partial charge in [-0.05, 0) is 25.5 Å². The lowest BCUT2D eigenvalue weighted by molar-refractivity contribution is -0.115. The predicted octanol–water partition coefficient (Wildman–Crippen LogP) is 2.26. The van der Waals surface area contributed by atoms with Crippen LogP contribution in [0.15, 0.2) is 28.2 Å². The van der Waals surface area contributed by atoms with Crippen LogP contribution in [0.25, 0.3) is 0 Å². The van der Waals surface area contributed by atoms with Gasteiger partial charge in [-0.15, -0.1) is 10.2 Å². The van der Waals surface area contributed by atoms with E-state index in [-0.39, 0.29) is 22.1 Å². The van der Waals surface area contributed by atoms with E-state index in [0.29, 0.717) is 12.5 Å². The van der Waals surface area contributed by atoms with Crippen LogP contribution in [0.5, 0.6) is 0 Å². The number of rotatable bonds is 5. The van der Waals surface area contributed by atoms with E-state index in [4.69, 9.17) is 0 Å². The number of carbonyl (C=O) groups excluding carboxylic acids is 1. The Morgan fingerprint density at radius 3 is 2.74 bits per heavy atom. The molecule has 0 bridgehead atoms. The second-order valence-electron chi connectivity index (χ2n) is 4.67. The van der Waals surface area contributed by atoms with Crippen LogP contribution in [0.1, 0.15) is 19.0 Å². The van der Waals surface area contributed by atoms with Gasteiger partial charge in [-0.2, -0.15) is 0 Å². The van der Waals surface area contributed by atoms with Crippen molar-refractivity contribution < 1.29 is 13.6 Å². The summed E-state index contributed by atoms with van der Waals surface area (Å²) in [4.78, 5) is 26.2. The predicted molar refractivity (Wildman–Crippen MR) is 82.3 cm³/mol. The SMILES string of the molecule is CCC(Sc1nnc(C)c(=O)[nH]1)C(=O)Nc1ccc(F)cc1F. The van der Waals surface area contributed by atoms with E-state index in [1.165, 1.54) is 6.92 Å². The van der Waals surface area contributed by atoms with Crippen LogP contribution < -0.4 is 10.9 Å². The minimum absolute atomic E-state index is 0.112. The van der Waals surface area contributed by atoms with E-state index in [9.17, 15) is 18.4 Å². The Hall–Kier alpha value is -2.29. The maximum absolute atomic E-state index is 13.6. The molecule has 1 atom stereocenters. The average Bonchev–Trinajstić information content (AvgIpc) is 2.51. The summed E-state index contributed by atoms with van der Waals surface area (Å²) in [6, 6.07) is 2.88. The highest BCUT2D eigenvalue weighted by Crippen LogP contribution is 2.23. The number of nitrogens with zero attached hydrogens (tertiary/aromatic N) is 2. The van der Waals surface area contributed by atoms with E-state index in [1.807, 2.05) is 0 Å². The minimum atomic E-state index is -0.860. The fourth-order valence-corrected chi connectivity index (χ4v) is 2.53. The lowest BCUT2D eigenvalue weighted by Gasteiger charge is -2.14. The number of nitrogens with one attached hydrogen (secondary N) is 2. The molecule has 9 heteroatoms. The number of aromatic nitrogens is 3. The Morgan fingerprint density at radius 1 is 1.39 bits per heavy atom. The third kappa shape index (κ3) is 4.35. The van der Waals surface area contributed by atoms with E-state index in [1.54, 1.807) is 6.92 Å². The van der Waals surface area contributed by atoms with Crippen molar-refractivity contribution in [3.8, 4) is 0 Å². The number of halogens is 2. The first-order chi connectivity index (χ1) is 10.9. The van der Waals surface area contributed by atoms with E-state index in [0.717, 1.165) is 23.9 Å². The topological polar surface area (TPSA) is 87.7 Å². The molecule has 23 heavy (non-hydrogen) atoms. The Balaban J connectivity index is 2.11. The maximum atomic E-state index is 13.6. The Kier molecular flexibility index (Phi) is 5.43. The summed E-state index contributed by atoms with van der Waals surface area (Å²) in [5.74, 6) is -2.07. The van der Waals surface area contributed by atoms with Gasteiger partial charge in [0.1, 0.15) is 17.3 Å². The van der Waals surface area contributed by atoms with Gasteiger partial charge >= 0.3 is 0 Å². The minimum Gasteiger partial charge on any atom is -0.323 e. The summed E-state index contributed by atoms with van der Waals surface area (Å²) in [5.41, 5.74) is -0.276. The molecule has 1 aromatic heterocycles. The van der Waals surface area contributed by atoms with Crippen molar-refractivity contribution in [1.82, 2.24) is 15.2 Å². The summed E-state index contributed by atoms with van der Waals surface area (Å²) in [6.45, 7) is 3.28. The highest BCUT2D eigenvalue weighted by atomic mass is 32.2. The molecule has 0 radical (unpaired) electrons.